The molecule has 9 heteroatoms. The molecule has 0 radical (unpaired) electrons. The highest BCUT2D eigenvalue weighted by molar-refractivity contribution is 7.91. The lowest BCUT2D eigenvalue weighted by atomic mass is 9.85. The van der Waals surface area contributed by atoms with Gasteiger partial charge in [-0.25, -0.2) is 13.2 Å². The summed E-state index contributed by atoms with van der Waals surface area (Å²) in [5, 5.41) is 14.4. The van der Waals surface area contributed by atoms with Crippen LogP contribution in [0.15, 0.2) is 29.2 Å². The van der Waals surface area contributed by atoms with Crippen molar-refractivity contribution in [1.82, 2.24) is 10.2 Å². The van der Waals surface area contributed by atoms with Crippen LogP contribution in [0.3, 0.4) is 0 Å². The minimum absolute atomic E-state index is 0.00240. The number of carbonyl (C=O) groups excluding carboxylic acids is 1. The first-order valence-electron chi connectivity index (χ1n) is 8.61. The lowest BCUT2D eigenvalue weighted by Crippen LogP contribution is -2.55. The number of sulfone groups is 1. The summed E-state index contributed by atoms with van der Waals surface area (Å²) in [6, 6.07) is 5.86. The van der Waals surface area contributed by atoms with Gasteiger partial charge in [-0.15, -0.1) is 0 Å². The first kappa shape index (κ1) is 20.2. The number of carbonyl (C=O) groups is 2. The first-order valence-corrected chi connectivity index (χ1v) is 10.3. The third-order valence-corrected chi connectivity index (χ3v) is 6.31. The molecule has 0 spiro atoms. The first-order chi connectivity index (χ1) is 12.2. The van der Waals surface area contributed by atoms with Crippen LogP contribution in [0.1, 0.15) is 26.7 Å². The molecule has 1 aromatic carbocycles. The molecule has 0 atom stereocenters. The summed E-state index contributed by atoms with van der Waals surface area (Å²) in [6.07, 6.45) is 1.42. The van der Waals surface area contributed by atoms with E-state index in [-0.39, 0.29) is 35.3 Å². The Morgan fingerprint density at radius 3 is 2.31 bits per heavy atom. The van der Waals surface area contributed by atoms with Crippen molar-refractivity contribution < 1.29 is 23.1 Å². The minimum atomic E-state index is -3.26. The van der Waals surface area contributed by atoms with E-state index in [0.717, 1.165) is 0 Å². The van der Waals surface area contributed by atoms with Crippen molar-refractivity contribution in [2.45, 2.75) is 43.7 Å². The molecule has 3 N–H and O–H groups in total. The highest BCUT2D eigenvalue weighted by atomic mass is 32.2. The molecule has 1 saturated carbocycles. The van der Waals surface area contributed by atoms with Crippen molar-refractivity contribution in [2.75, 3.05) is 24.2 Å². The predicted octanol–water partition coefficient (Wildman–Crippen LogP) is 1.54. The van der Waals surface area contributed by atoms with E-state index in [9.17, 15) is 18.0 Å². The maximum absolute atomic E-state index is 12.0. The summed E-state index contributed by atoms with van der Waals surface area (Å²) in [5.41, 5.74) is 0.509. The molecule has 26 heavy (non-hydrogen) atoms. The number of rotatable bonds is 8. The summed E-state index contributed by atoms with van der Waals surface area (Å²) in [5.74, 6) is -0.825. The lowest BCUT2D eigenvalue weighted by Gasteiger charge is -2.42. The molecule has 144 valence electrons. The number of nitrogens with zero attached hydrogens (tertiary/aromatic N) is 1. The number of nitrogens with one attached hydrogen (secondary N) is 2. The van der Waals surface area contributed by atoms with Gasteiger partial charge in [0.05, 0.1) is 17.2 Å². The highest BCUT2D eigenvalue weighted by Gasteiger charge is 2.34. The molecule has 0 bridgehead atoms. The second kappa shape index (κ2) is 8.50. The summed E-state index contributed by atoms with van der Waals surface area (Å²) in [4.78, 5) is 25.0. The van der Waals surface area contributed by atoms with Crippen molar-refractivity contribution >= 4 is 27.5 Å². The van der Waals surface area contributed by atoms with Crippen LogP contribution < -0.4 is 10.6 Å². The van der Waals surface area contributed by atoms with Crippen LogP contribution in [-0.4, -0.2) is 61.4 Å². The summed E-state index contributed by atoms with van der Waals surface area (Å²) in [6.45, 7) is 4.16. The molecule has 1 aromatic rings. The Balaban J connectivity index is 1.81. The molecule has 1 aliphatic carbocycles. The number of likely N-dealkylation sites (N-methyl/N-ethyl adjacent to an activating group) is 1. The topological polar surface area (TPSA) is 116 Å². The van der Waals surface area contributed by atoms with Gasteiger partial charge in [0.1, 0.15) is 0 Å². The number of benzene rings is 1. The number of aliphatic carboxylic acids is 1. The zero-order valence-electron chi connectivity index (χ0n) is 14.9. The van der Waals surface area contributed by atoms with Gasteiger partial charge in [0, 0.05) is 17.8 Å². The fourth-order valence-corrected chi connectivity index (χ4v) is 3.83. The Bertz CT molecular complexity index is 742. The number of hydrogen-bond donors (Lipinski definition) is 3. The molecule has 8 nitrogen and oxygen atoms in total. The smallest absolute Gasteiger partial charge is 0.319 e. The zero-order valence-corrected chi connectivity index (χ0v) is 15.8. The van der Waals surface area contributed by atoms with E-state index in [2.05, 4.69) is 10.6 Å². The third-order valence-electron chi connectivity index (χ3n) is 4.56. The Morgan fingerprint density at radius 1 is 1.19 bits per heavy atom. The normalized spacial score (nSPS) is 19.7. The standard InChI is InChI=1S/C17H25N3O5S/c1-3-20(11-16(21)22)14-9-13(10-14)19-17(23)18-12-5-7-15(8-6-12)26(24,25)4-2/h5-8,13-14H,3-4,9-11H2,1-2H3,(H,21,22)(H2,18,19,23). The van der Waals surface area contributed by atoms with Gasteiger partial charge >= 0.3 is 12.0 Å². The number of carboxylic acid groups (broad SMARTS) is 1. The molecular formula is C17H25N3O5S. The second-order valence-corrected chi connectivity index (χ2v) is 8.58. The second-order valence-electron chi connectivity index (χ2n) is 6.31. The molecule has 0 saturated heterocycles. The van der Waals surface area contributed by atoms with E-state index in [4.69, 9.17) is 5.11 Å². The van der Waals surface area contributed by atoms with E-state index < -0.39 is 15.8 Å². The molecule has 1 aliphatic rings. The summed E-state index contributed by atoms with van der Waals surface area (Å²) < 4.78 is 23.5. The van der Waals surface area contributed by atoms with E-state index in [1.807, 2.05) is 11.8 Å². The molecule has 1 fully saturated rings. The van der Waals surface area contributed by atoms with Gasteiger partial charge in [0.15, 0.2) is 9.84 Å². The third kappa shape index (κ3) is 5.18. The number of carboxylic acids is 1. The molecule has 0 aliphatic heterocycles. The molecule has 2 rings (SSSR count). The SMILES string of the molecule is CCN(CC(=O)O)C1CC(NC(=O)Nc2ccc(S(=O)(=O)CC)cc2)C1. The van der Waals surface area contributed by atoms with E-state index in [1.54, 1.807) is 19.1 Å². The largest absolute Gasteiger partial charge is 0.480 e. The number of amides is 2. The van der Waals surface area contributed by atoms with Gasteiger partial charge in [-0.3, -0.25) is 9.69 Å². The highest BCUT2D eigenvalue weighted by Crippen LogP contribution is 2.25. The van der Waals surface area contributed by atoms with E-state index >= 15 is 0 Å². The maximum Gasteiger partial charge on any atom is 0.319 e. The lowest BCUT2D eigenvalue weighted by molar-refractivity contribution is -0.139. The summed E-state index contributed by atoms with van der Waals surface area (Å²) >= 11 is 0. The number of anilines is 1. The average Bonchev–Trinajstić information content (AvgIpc) is 2.56. The van der Waals surface area contributed by atoms with Crippen LogP contribution in [0.5, 0.6) is 0 Å². The molecular weight excluding hydrogens is 358 g/mol. The zero-order chi connectivity index (χ0) is 19.3. The van der Waals surface area contributed by atoms with Gasteiger partial charge in [-0.2, -0.15) is 0 Å². The Labute approximate surface area is 153 Å². The van der Waals surface area contributed by atoms with E-state index in [1.165, 1.54) is 12.1 Å². The molecule has 0 heterocycles. The minimum Gasteiger partial charge on any atom is -0.480 e. The molecule has 2 amide bonds. The van der Waals surface area contributed by atoms with Gasteiger partial charge in [-0.1, -0.05) is 13.8 Å². The van der Waals surface area contributed by atoms with Crippen molar-refractivity contribution in [3.8, 4) is 0 Å². The van der Waals surface area contributed by atoms with Crippen molar-refractivity contribution in [2.24, 2.45) is 0 Å². The van der Waals surface area contributed by atoms with Gasteiger partial charge in [0.2, 0.25) is 0 Å². The van der Waals surface area contributed by atoms with Gasteiger partial charge < -0.3 is 15.7 Å². The summed E-state index contributed by atoms with van der Waals surface area (Å²) in [7, 11) is -3.26. The maximum atomic E-state index is 12.0. The van der Waals surface area contributed by atoms with Crippen LogP contribution in [0.25, 0.3) is 0 Å². The van der Waals surface area contributed by atoms with Crippen LogP contribution in [0, 0.1) is 0 Å². The number of hydrogen-bond acceptors (Lipinski definition) is 5. The fraction of sp³-hybridized carbons (Fsp3) is 0.529. The fourth-order valence-electron chi connectivity index (χ4n) is 2.94. The van der Waals surface area contributed by atoms with Gasteiger partial charge in [0.25, 0.3) is 0 Å². The van der Waals surface area contributed by atoms with Crippen LogP contribution >= 0.6 is 0 Å². The monoisotopic (exact) mass is 383 g/mol. The van der Waals surface area contributed by atoms with Crippen molar-refractivity contribution in [3.63, 3.8) is 0 Å². The molecule has 0 aromatic heterocycles. The average molecular weight is 383 g/mol. The van der Waals surface area contributed by atoms with Gasteiger partial charge in [-0.05, 0) is 43.7 Å². The number of urea groups is 1. The van der Waals surface area contributed by atoms with Crippen LogP contribution in [-0.2, 0) is 14.6 Å². The van der Waals surface area contributed by atoms with E-state index in [0.29, 0.717) is 25.1 Å². The van der Waals surface area contributed by atoms with Crippen LogP contribution in [0.4, 0.5) is 10.5 Å². The quantitative estimate of drug-likeness (QED) is 0.627. The Hall–Kier alpha value is -2.13. The van der Waals surface area contributed by atoms with Crippen molar-refractivity contribution in [1.29, 1.82) is 0 Å². The van der Waals surface area contributed by atoms with Crippen molar-refractivity contribution in [3.05, 3.63) is 24.3 Å². The van der Waals surface area contributed by atoms with Crippen LogP contribution in [0.2, 0.25) is 0 Å². The Morgan fingerprint density at radius 2 is 1.81 bits per heavy atom. The predicted molar refractivity (Wildman–Crippen MR) is 98.0 cm³/mol. The Kier molecular flexibility index (Phi) is 6.60. The molecule has 0 unspecified atom stereocenters.